The second kappa shape index (κ2) is 5.74. The van der Waals surface area contributed by atoms with Crippen molar-refractivity contribution in [1.82, 2.24) is 10.2 Å². The van der Waals surface area contributed by atoms with Crippen LogP contribution in [0.5, 0.6) is 0 Å². The first-order valence-corrected chi connectivity index (χ1v) is 8.00. The number of halogens is 1. The number of hydrogen-bond acceptors (Lipinski definition) is 3. The van der Waals surface area contributed by atoms with Gasteiger partial charge in [-0.3, -0.25) is 4.79 Å². The third-order valence-electron chi connectivity index (χ3n) is 4.19. The molecule has 0 spiro atoms. The lowest BCUT2D eigenvalue weighted by atomic mass is 10.1. The molecule has 1 aliphatic carbocycles. The van der Waals surface area contributed by atoms with Crippen LogP contribution in [0, 0.1) is 5.92 Å². The van der Waals surface area contributed by atoms with Gasteiger partial charge in [0, 0.05) is 34.9 Å². The van der Waals surface area contributed by atoms with E-state index in [4.69, 9.17) is 5.73 Å². The van der Waals surface area contributed by atoms with Crippen LogP contribution in [0.1, 0.15) is 29.6 Å². The standard InChI is InChI=1S/C15H20BrN3O/c16-13-4-1-11(7-14(13)17)15(20)18-8-10-5-6-19(9-10)12-2-3-12/h1,4,7,10,12H,2-3,5-6,8-9,17H2,(H,18,20). The van der Waals surface area contributed by atoms with E-state index in [2.05, 4.69) is 26.1 Å². The quantitative estimate of drug-likeness (QED) is 0.828. The summed E-state index contributed by atoms with van der Waals surface area (Å²) < 4.78 is 0.824. The highest BCUT2D eigenvalue weighted by molar-refractivity contribution is 9.10. The maximum Gasteiger partial charge on any atom is 0.251 e. The highest BCUT2D eigenvalue weighted by atomic mass is 79.9. The lowest BCUT2D eigenvalue weighted by Crippen LogP contribution is -2.31. The first-order chi connectivity index (χ1) is 9.63. The predicted octanol–water partition coefficient (Wildman–Crippen LogP) is 2.25. The zero-order chi connectivity index (χ0) is 14.1. The smallest absolute Gasteiger partial charge is 0.251 e. The van der Waals surface area contributed by atoms with Crippen molar-refractivity contribution in [3.05, 3.63) is 28.2 Å². The fraction of sp³-hybridized carbons (Fsp3) is 0.533. The monoisotopic (exact) mass is 337 g/mol. The Balaban J connectivity index is 1.50. The molecular weight excluding hydrogens is 318 g/mol. The van der Waals surface area contributed by atoms with Crippen molar-refractivity contribution in [3.63, 3.8) is 0 Å². The number of rotatable bonds is 4. The van der Waals surface area contributed by atoms with Gasteiger partial charge in [-0.15, -0.1) is 0 Å². The van der Waals surface area contributed by atoms with E-state index < -0.39 is 0 Å². The molecule has 2 aliphatic rings. The summed E-state index contributed by atoms with van der Waals surface area (Å²) in [5, 5.41) is 3.03. The van der Waals surface area contributed by atoms with Gasteiger partial charge >= 0.3 is 0 Å². The third kappa shape index (κ3) is 3.15. The summed E-state index contributed by atoms with van der Waals surface area (Å²) in [7, 11) is 0. The normalized spacial score (nSPS) is 22.9. The summed E-state index contributed by atoms with van der Waals surface area (Å²) in [6, 6.07) is 6.15. The number of likely N-dealkylation sites (tertiary alicyclic amines) is 1. The number of nitrogens with zero attached hydrogens (tertiary/aromatic N) is 1. The van der Waals surface area contributed by atoms with Crippen LogP contribution in [0.15, 0.2) is 22.7 Å². The molecular formula is C15H20BrN3O. The summed E-state index contributed by atoms with van der Waals surface area (Å²) in [5.41, 5.74) is 7.02. The molecule has 1 unspecified atom stereocenters. The molecule has 1 aromatic rings. The third-order valence-corrected chi connectivity index (χ3v) is 4.91. The maximum atomic E-state index is 12.1. The number of hydrogen-bond donors (Lipinski definition) is 2. The van der Waals surface area contributed by atoms with Gasteiger partial charge in [-0.05, 0) is 65.9 Å². The first kappa shape index (κ1) is 13.9. The molecule has 1 saturated heterocycles. The Morgan fingerprint density at radius 1 is 1.40 bits per heavy atom. The molecule has 0 aromatic heterocycles. The highest BCUT2D eigenvalue weighted by Crippen LogP contribution is 2.31. The number of anilines is 1. The van der Waals surface area contributed by atoms with Crippen molar-refractivity contribution >= 4 is 27.5 Å². The number of nitrogens with one attached hydrogen (secondary N) is 1. The van der Waals surface area contributed by atoms with E-state index in [1.165, 1.54) is 25.8 Å². The molecule has 1 amide bonds. The molecule has 0 radical (unpaired) electrons. The van der Waals surface area contributed by atoms with Gasteiger partial charge in [-0.1, -0.05) is 0 Å². The van der Waals surface area contributed by atoms with E-state index in [1.54, 1.807) is 12.1 Å². The molecule has 2 fully saturated rings. The first-order valence-electron chi connectivity index (χ1n) is 7.21. The van der Waals surface area contributed by atoms with Crippen LogP contribution in [0.4, 0.5) is 5.69 Å². The number of nitrogen functional groups attached to an aromatic ring is 1. The molecule has 5 heteroatoms. The van der Waals surface area contributed by atoms with Crippen LogP contribution >= 0.6 is 15.9 Å². The number of amides is 1. The Kier molecular flexibility index (Phi) is 3.98. The van der Waals surface area contributed by atoms with Crippen molar-refractivity contribution in [3.8, 4) is 0 Å². The molecule has 1 aromatic carbocycles. The van der Waals surface area contributed by atoms with Gasteiger partial charge in [0.1, 0.15) is 0 Å². The van der Waals surface area contributed by atoms with Gasteiger partial charge in [0.2, 0.25) is 0 Å². The molecule has 1 atom stereocenters. The average molecular weight is 338 g/mol. The van der Waals surface area contributed by atoms with E-state index in [0.29, 0.717) is 17.2 Å². The Labute approximate surface area is 127 Å². The summed E-state index contributed by atoms with van der Waals surface area (Å²) in [6.45, 7) is 3.09. The second-order valence-corrected chi connectivity index (χ2v) is 6.68. The molecule has 3 N–H and O–H groups in total. The van der Waals surface area contributed by atoms with Crippen molar-refractivity contribution in [2.45, 2.75) is 25.3 Å². The molecule has 108 valence electrons. The van der Waals surface area contributed by atoms with E-state index in [0.717, 1.165) is 23.6 Å². The maximum absolute atomic E-state index is 12.1. The lowest BCUT2D eigenvalue weighted by Gasteiger charge is -2.15. The van der Waals surface area contributed by atoms with Gasteiger partial charge < -0.3 is 16.0 Å². The van der Waals surface area contributed by atoms with Gasteiger partial charge in [0.15, 0.2) is 0 Å². The van der Waals surface area contributed by atoms with E-state index in [1.807, 2.05) is 6.07 Å². The molecule has 20 heavy (non-hydrogen) atoms. The SMILES string of the molecule is Nc1cc(C(=O)NCC2CCN(C3CC3)C2)ccc1Br. The summed E-state index contributed by atoms with van der Waals surface area (Å²) in [4.78, 5) is 14.7. The minimum atomic E-state index is -0.0333. The van der Waals surface area contributed by atoms with Crippen molar-refractivity contribution in [1.29, 1.82) is 0 Å². The van der Waals surface area contributed by atoms with Crippen molar-refractivity contribution in [2.24, 2.45) is 5.92 Å². The summed E-state index contributed by atoms with van der Waals surface area (Å²) in [6.07, 6.45) is 3.91. The number of carbonyl (C=O) groups excluding carboxylic acids is 1. The molecule has 1 aliphatic heterocycles. The molecule has 3 rings (SSSR count). The van der Waals surface area contributed by atoms with E-state index >= 15 is 0 Å². The van der Waals surface area contributed by atoms with Gasteiger partial charge in [-0.25, -0.2) is 0 Å². The van der Waals surface area contributed by atoms with Gasteiger partial charge in [-0.2, -0.15) is 0 Å². The second-order valence-electron chi connectivity index (χ2n) is 5.83. The Morgan fingerprint density at radius 2 is 2.20 bits per heavy atom. The summed E-state index contributed by atoms with van der Waals surface area (Å²) in [5.74, 6) is 0.557. The van der Waals surface area contributed by atoms with Crippen LogP contribution in [-0.2, 0) is 0 Å². The van der Waals surface area contributed by atoms with Crippen LogP contribution in [0.2, 0.25) is 0 Å². The fourth-order valence-electron chi connectivity index (χ4n) is 2.82. The molecule has 1 heterocycles. The topological polar surface area (TPSA) is 58.4 Å². The number of benzene rings is 1. The average Bonchev–Trinajstić information content (AvgIpc) is 3.18. The van der Waals surface area contributed by atoms with Crippen LogP contribution < -0.4 is 11.1 Å². The van der Waals surface area contributed by atoms with Crippen molar-refractivity contribution < 1.29 is 4.79 Å². The zero-order valence-corrected chi connectivity index (χ0v) is 13.0. The Morgan fingerprint density at radius 3 is 2.90 bits per heavy atom. The van der Waals surface area contributed by atoms with Gasteiger partial charge in [0.05, 0.1) is 0 Å². The van der Waals surface area contributed by atoms with E-state index in [-0.39, 0.29) is 5.91 Å². The van der Waals surface area contributed by atoms with Crippen LogP contribution in [-0.4, -0.2) is 36.5 Å². The minimum Gasteiger partial charge on any atom is -0.398 e. The Hall–Kier alpha value is -1.07. The number of nitrogens with two attached hydrogens (primary N) is 1. The zero-order valence-electron chi connectivity index (χ0n) is 11.4. The number of carbonyl (C=O) groups is 1. The Bertz CT molecular complexity index is 516. The summed E-state index contributed by atoms with van der Waals surface area (Å²) >= 11 is 3.34. The minimum absolute atomic E-state index is 0.0333. The largest absolute Gasteiger partial charge is 0.398 e. The molecule has 4 nitrogen and oxygen atoms in total. The fourth-order valence-corrected chi connectivity index (χ4v) is 3.07. The van der Waals surface area contributed by atoms with E-state index in [9.17, 15) is 4.79 Å². The van der Waals surface area contributed by atoms with Crippen LogP contribution in [0.25, 0.3) is 0 Å². The lowest BCUT2D eigenvalue weighted by molar-refractivity contribution is 0.0947. The van der Waals surface area contributed by atoms with Crippen LogP contribution in [0.3, 0.4) is 0 Å². The predicted molar refractivity (Wildman–Crippen MR) is 83.6 cm³/mol. The van der Waals surface area contributed by atoms with Gasteiger partial charge in [0.25, 0.3) is 5.91 Å². The molecule has 1 saturated carbocycles. The van der Waals surface area contributed by atoms with Crippen molar-refractivity contribution in [2.75, 3.05) is 25.4 Å². The molecule has 0 bridgehead atoms. The highest BCUT2D eigenvalue weighted by Gasteiger charge is 2.34.